The summed E-state index contributed by atoms with van der Waals surface area (Å²) >= 11 is 2.13. The molecule has 2 amide bonds. The number of carbonyl (C=O) groups is 2. The Bertz CT molecular complexity index is 1550. The molecule has 0 unspecified atom stereocenters. The van der Waals surface area contributed by atoms with E-state index in [9.17, 15) is 31.5 Å². The second-order valence-electron chi connectivity index (χ2n) is 8.90. The van der Waals surface area contributed by atoms with Gasteiger partial charge in [-0.15, -0.1) is 22.7 Å². The minimum Gasteiger partial charge on any atom is -0.365 e. The Morgan fingerprint density at radius 3 is 2.53 bits per heavy atom. The standard InChI is InChI=1S/C24H20F5N5O2S2/c1-10-2-5-15(37-10)12-8-13(21(25)26)31-23-18(12)19(20(38-23)22(30)36)32-17(35)6-7-34-14(11-3-4-11)9-16(33-34)24(27,28)29/h2,5,8-9,11,21H,3-4,6-7H2,1H3,(H2,30,36)(H,32,35). The zero-order chi connectivity index (χ0) is 27.4. The van der Waals surface area contributed by atoms with Gasteiger partial charge in [0.15, 0.2) is 5.69 Å². The number of hydrogen-bond donors (Lipinski definition) is 2. The van der Waals surface area contributed by atoms with Crippen molar-refractivity contribution in [1.82, 2.24) is 14.8 Å². The number of alkyl halides is 5. The number of hydrogen-bond acceptors (Lipinski definition) is 6. The normalized spacial score (nSPS) is 14.0. The number of rotatable bonds is 8. The fourth-order valence-electron chi connectivity index (χ4n) is 4.16. The Morgan fingerprint density at radius 2 is 1.95 bits per heavy atom. The highest BCUT2D eigenvalue weighted by atomic mass is 32.1. The first kappa shape index (κ1) is 26.2. The number of thiophene rings is 2. The first-order valence-corrected chi connectivity index (χ1v) is 13.1. The molecule has 1 fully saturated rings. The number of carbonyl (C=O) groups excluding carboxylic acids is 2. The average molecular weight is 570 g/mol. The van der Waals surface area contributed by atoms with Gasteiger partial charge in [-0.05, 0) is 44.0 Å². The SMILES string of the molecule is Cc1ccc(-c2cc(C(F)F)nc3sc(C(N)=O)c(NC(=O)CCn4nc(C(F)(F)F)cc4C4CC4)c23)s1. The third kappa shape index (κ3) is 5.14. The fourth-order valence-corrected chi connectivity index (χ4v) is 6.07. The Kier molecular flexibility index (Phi) is 6.71. The molecule has 1 aliphatic rings. The molecule has 0 radical (unpaired) electrons. The van der Waals surface area contributed by atoms with Gasteiger partial charge in [0.05, 0.1) is 5.69 Å². The van der Waals surface area contributed by atoms with Gasteiger partial charge < -0.3 is 11.1 Å². The zero-order valence-electron chi connectivity index (χ0n) is 19.7. The summed E-state index contributed by atoms with van der Waals surface area (Å²) in [5.74, 6) is -1.52. The smallest absolute Gasteiger partial charge is 0.365 e. The van der Waals surface area contributed by atoms with Gasteiger partial charge in [-0.3, -0.25) is 14.3 Å². The van der Waals surface area contributed by atoms with Gasteiger partial charge in [-0.25, -0.2) is 13.8 Å². The first-order valence-electron chi connectivity index (χ1n) is 11.5. The van der Waals surface area contributed by atoms with Gasteiger partial charge in [0, 0.05) is 45.3 Å². The van der Waals surface area contributed by atoms with E-state index in [1.165, 1.54) is 22.1 Å². The lowest BCUT2D eigenvalue weighted by Gasteiger charge is -2.11. The predicted octanol–water partition coefficient (Wildman–Crippen LogP) is 6.49. The lowest BCUT2D eigenvalue weighted by molar-refractivity contribution is -0.141. The third-order valence-corrected chi connectivity index (χ3v) is 8.18. The van der Waals surface area contributed by atoms with Crippen LogP contribution in [0, 0.1) is 6.92 Å². The van der Waals surface area contributed by atoms with Gasteiger partial charge in [0.2, 0.25) is 5.91 Å². The van der Waals surface area contributed by atoms with Crippen molar-refractivity contribution in [3.63, 3.8) is 0 Å². The number of fused-ring (bicyclic) bond motifs is 1. The highest BCUT2D eigenvalue weighted by Gasteiger charge is 2.38. The van der Waals surface area contributed by atoms with Crippen LogP contribution in [0.2, 0.25) is 0 Å². The largest absolute Gasteiger partial charge is 0.435 e. The number of nitrogens with one attached hydrogen (secondary N) is 1. The highest BCUT2D eigenvalue weighted by molar-refractivity contribution is 7.21. The van der Waals surface area contributed by atoms with Crippen molar-refractivity contribution in [2.45, 2.75) is 51.3 Å². The van der Waals surface area contributed by atoms with E-state index in [4.69, 9.17) is 5.73 Å². The molecule has 0 saturated heterocycles. The molecular weight excluding hydrogens is 549 g/mol. The van der Waals surface area contributed by atoms with Crippen molar-refractivity contribution < 1.29 is 31.5 Å². The molecule has 38 heavy (non-hydrogen) atoms. The molecule has 1 aliphatic carbocycles. The Labute approximate surface area is 220 Å². The summed E-state index contributed by atoms with van der Waals surface area (Å²) in [5.41, 5.74) is 4.86. The minimum atomic E-state index is -4.61. The topological polar surface area (TPSA) is 103 Å². The van der Waals surface area contributed by atoms with Crippen LogP contribution < -0.4 is 11.1 Å². The maximum Gasteiger partial charge on any atom is 0.435 e. The molecule has 0 atom stereocenters. The van der Waals surface area contributed by atoms with Crippen LogP contribution in [0.15, 0.2) is 24.3 Å². The second kappa shape index (κ2) is 9.73. The molecule has 4 aromatic heterocycles. The summed E-state index contributed by atoms with van der Waals surface area (Å²) in [6.07, 6.45) is -6.23. The molecule has 1 saturated carbocycles. The number of nitrogens with zero attached hydrogens (tertiary/aromatic N) is 3. The van der Waals surface area contributed by atoms with Crippen LogP contribution in [0.5, 0.6) is 0 Å². The van der Waals surface area contributed by atoms with E-state index in [-0.39, 0.29) is 34.3 Å². The monoisotopic (exact) mass is 569 g/mol. The van der Waals surface area contributed by atoms with Crippen LogP contribution in [-0.4, -0.2) is 26.6 Å². The van der Waals surface area contributed by atoms with Crippen molar-refractivity contribution >= 4 is 50.4 Å². The summed E-state index contributed by atoms with van der Waals surface area (Å²) in [5, 5.41) is 6.58. The number of anilines is 1. The molecule has 0 spiro atoms. The Hall–Kier alpha value is -3.39. The van der Waals surface area contributed by atoms with Crippen molar-refractivity contribution in [2.24, 2.45) is 5.73 Å². The molecule has 5 rings (SSSR count). The van der Waals surface area contributed by atoms with Gasteiger partial charge >= 0.3 is 6.18 Å². The highest BCUT2D eigenvalue weighted by Crippen LogP contribution is 2.44. The van der Waals surface area contributed by atoms with Crippen LogP contribution in [-0.2, 0) is 17.5 Å². The summed E-state index contributed by atoms with van der Waals surface area (Å²) in [7, 11) is 0. The van der Waals surface area contributed by atoms with Gasteiger partial charge in [-0.1, -0.05) is 0 Å². The third-order valence-electron chi connectivity index (χ3n) is 6.05. The lowest BCUT2D eigenvalue weighted by atomic mass is 10.1. The summed E-state index contributed by atoms with van der Waals surface area (Å²) in [6.45, 7) is 1.73. The molecule has 0 bridgehead atoms. The van der Waals surface area contributed by atoms with Crippen molar-refractivity contribution in [2.75, 3.05) is 5.32 Å². The summed E-state index contributed by atoms with van der Waals surface area (Å²) in [6, 6.07) is 5.78. The van der Waals surface area contributed by atoms with Crippen LogP contribution in [0.25, 0.3) is 20.7 Å². The molecule has 3 N–H and O–H groups in total. The maximum absolute atomic E-state index is 13.6. The van der Waals surface area contributed by atoms with Crippen LogP contribution in [0.1, 0.15) is 63.2 Å². The number of pyridine rings is 1. The number of aromatic nitrogens is 3. The number of amides is 2. The average Bonchev–Trinajstić information content (AvgIpc) is 3.26. The molecular formula is C24H20F5N5O2S2. The lowest BCUT2D eigenvalue weighted by Crippen LogP contribution is -2.19. The zero-order valence-corrected chi connectivity index (χ0v) is 21.4. The fraction of sp³-hybridized carbons (Fsp3) is 0.333. The van der Waals surface area contributed by atoms with Crippen LogP contribution in [0.3, 0.4) is 0 Å². The van der Waals surface area contributed by atoms with E-state index in [1.807, 2.05) is 13.0 Å². The van der Waals surface area contributed by atoms with Gasteiger partial charge in [0.25, 0.3) is 12.3 Å². The Balaban J connectivity index is 1.49. The van der Waals surface area contributed by atoms with Crippen LogP contribution in [0.4, 0.5) is 27.6 Å². The molecule has 200 valence electrons. The summed E-state index contributed by atoms with van der Waals surface area (Å²) in [4.78, 5) is 30.8. The first-order chi connectivity index (χ1) is 17.9. The molecule has 7 nitrogen and oxygen atoms in total. The van der Waals surface area contributed by atoms with Crippen molar-refractivity contribution in [3.8, 4) is 10.4 Å². The van der Waals surface area contributed by atoms with E-state index in [1.54, 1.807) is 6.07 Å². The number of aryl methyl sites for hydroxylation is 2. The Morgan fingerprint density at radius 1 is 1.21 bits per heavy atom. The van der Waals surface area contributed by atoms with Crippen molar-refractivity contribution in [3.05, 3.63) is 51.1 Å². The van der Waals surface area contributed by atoms with Crippen molar-refractivity contribution in [1.29, 1.82) is 0 Å². The minimum absolute atomic E-state index is 0.0316. The molecule has 0 aliphatic heterocycles. The number of nitrogens with two attached hydrogens (primary N) is 1. The van der Waals surface area contributed by atoms with Gasteiger partial charge in [-0.2, -0.15) is 18.3 Å². The van der Waals surface area contributed by atoms with E-state index in [2.05, 4.69) is 15.4 Å². The van der Waals surface area contributed by atoms with Gasteiger partial charge in [0.1, 0.15) is 15.4 Å². The quantitative estimate of drug-likeness (QED) is 0.237. The van der Waals surface area contributed by atoms with Crippen LogP contribution >= 0.6 is 22.7 Å². The molecule has 4 heterocycles. The predicted molar refractivity (Wildman–Crippen MR) is 134 cm³/mol. The molecule has 0 aromatic carbocycles. The maximum atomic E-state index is 13.6. The van der Waals surface area contributed by atoms with E-state index in [0.29, 0.717) is 21.5 Å². The van der Waals surface area contributed by atoms with E-state index in [0.717, 1.165) is 35.1 Å². The van der Waals surface area contributed by atoms with E-state index < -0.39 is 35.8 Å². The second-order valence-corrected chi connectivity index (χ2v) is 11.2. The number of halogens is 5. The molecule has 4 aromatic rings. The number of primary amides is 1. The van der Waals surface area contributed by atoms with E-state index >= 15 is 0 Å². The molecule has 14 heteroatoms. The summed E-state index contributed by atoms with van der Waals surface area (Å²) < 4.78 is 68.0.